The summed E-state index contributed by atoms with van der Waals surface area (Å²) in [5, 5.41) is 11.3. The molecule has 1 aliphatic heterocycles. The van der Waals surface area contributed by atoms with Crippen LogP contribution in [-0.2, 0) is 10.9 Å². The molecule has 30 heavy (non-hydrogen) atoms. The van der Waals surface area contributed by atoms with Gasteiger partial charge in [0.1, 0.15) is 11.4 Å². The monoisotopic (exact) mass is 428 g/mol. The zero-order valence-corrected chi connectivity index (χ0v) is 15.5. The van der Waals surface area contributed by atoms with Crippen molar-refractivity contribution in [3.63, 3.8) is 0 Å². The lowest BCUT2D eigenvalue weighted by Gasteiger charge is -2.16. The van der Waals surface area contributed by atoms with Crippen molar-refractivity contribution in [2.45, 2.75) is 31.7 Å². The van der Waals surface area contributed by atoms with E-state index in [0.717, 1.165) is 25.0 Å². The molecule has 1 N–H and O–H groups in total. The Balaban J connectivity index is 1.72. The lowest BCUT2D eigenvalue weighted by Crippen LogP contribution is -2.20. The number of nitrogens with zero attached hydrogens (tertiary/aromatic N) is 3. The molecule has 0 aliphatic carbocycles. The van der Waals surface area contributed by atoms with Gasteiger partial charge in [0, 0.05) is 24.9 Å². The first-order valence-corrected chi connectivity index (χ1v) is 9.18. The normalized spacial score (nSPS) is 17.1. The van der Waals surface area contributed by atoms with Crippen LogP contribution in [0.2, 0.25) is 0 Å². The first-order chi connectivity index (χ1) is 14.3. The predicted molar refractivity (Wildman–Crippen MR) is 97.5 cm³/mol. The van der Waals surface area contributed by atoms with E-state index in [1.807, 2.05) is 0 Å². The summed E-state index contributed by atoms with van der Waals surface area (Å²) in [5.74, 6) is -0.227. The fourth-order valence-electron chi connectivity index (χ4n) is 3.37. The standard InChI is InChI=1S/C19H17F5N4O2/c20-17(21)30-15-9-11(19(22,23)24)5-6-13(15)16-14-4-1-7-28(14)18(27-26-16)25-10-12-3-2-8-29-12/h1,4-7,9,12,17H,2-3,8,10H2,(H,25,27)/t12-/m1/s1. The highest BCUT2D eigenvalue weighted by molar-refractivity contribution is 5.81. The maximum atomic E-state index is 13.0. The Morgan fingerprint density at radius 1 is 1.23 bits per heavy atom. The molecular weight excluding hydrogens is 411 g/mol. The van der Waals surface area contributed by atoms with E-state index in [4.69, 9.17) is 4.74 Å². The van der Waals surface area contributed by atoms with Crippen LogP contribution in [0.15, 0.2) is 36.5 Å². The largest absolute Gasteiger partial charge is 0.434 e. The second kappa shape index (κ2) is 8.05. The van der Waals surface area contributed by atoms with Gasteiger partial charge in [0.05, 0.1) is 17.2 Å². The van der Waals surface area contributed by atoms with Gasteiger partial charge in [-0.05, 0) is 43.2 Å². The number of hydrogen-bond acceptors (Lipinski definition) is 5. The second-order valence-electron chi connectivity index (χ2n) is 6.74. The van der Waals surface area contributed by atoms with E-state index in [-0.39, 0.29) is 17.4 Å². The molecule has 1 atom stereocenters. The van der Waals surface area contributed by atoms with Crippen LogP contribution >= 0.6 is 0 Å². The third-order valence-corrected chi connectivity index (χ3v) is 4.76. The molecule has 0 spiro atoms. The molecule has 1 aromatic carbocycles. The van der Waals surface area contributed by atoms with Gasteiger partial charge in [-0.1, -0.05) is 0 Å². The molecule has 6 nitrogen and oxygen atoms in total. The summed E-state index contributed by atoms with van der Waals surface area (Å²) in [6.07, 6.45) is -1.06. The Hall–Kier alpha value is -2.95. The first-order valence-electron chi connectivity index (χ1n) is 9.18. The SMILES string of the molecule is FC(F)Oc1cc(C(F)(F)F)ccc1-c1nnc(NC[C@H]2CCCO2)n2cccc12. The van der Waals surface area contributed by atoms with Gasteiger partial charge < -0.3 is 14.8 Å². The number of benzene rings is 1. The summed E-state index contributed by atoms with van der Waals surface area (Å²) >= 11 is 0. The quantitative estimate of drug-likeness (QED) is 0.582. The third kappa shape index (κ3) is 4.16. The third-order valence-electron chi connectivity index (χ3n) is 4.76. The molecule has 0 amide bonds. The van der Waals surface area contributed by atoms with E-state index in [2.05, 4.69) is 20.3 Å². The number of rotatable bonds is 6. The van der Waals surface area contributed by atoms with Gasteiger partial charge >= 0.3 is 12.8 Å². The minimum atomic E-state index is -4.70. The van der Waals surface area contributed by atoms with Crippen LogP contribution in [0.25, 0.3) is 16.8 Å². The summed E-state index contributed by atoms with van der Waals surface area (Å²) in [4.78, 5) is 0. The lowest BCUT2D eigenvalue weighted by molar-refractivity contribution is -0.138. The Kier molecular flexibility index (Phi) is 5.46. The smallest absolute Gasteiger partial charge is 0.416 e. The van der Waals surface area contributed by atoms with E-state index >= 15 is 0 Å². The minimum Gasteiger partial charge on any atom is -0.434 e. The van der Waals surface area contributed by atoms with Crippen LogP contribution in [0.4, 0.5) is 27.9 Å². The van der Waals surface area contributed by atoms with Crippen molar-refractivity contribution in [3.05, 3.63) is 42.1 Å². The molecule has 2 aromatic heterocycles. The van der Waals surface area contributed by atoms with Gasteiger partial charge in [-0.3, -0.25) is 4.40 Å². The maximum Gasteiger partial charge on any atom is 0.416 e. The van der Waals surface area contributed by atoms with E-state index in [1.165, 1.54) is 0 Å². The first kappa shape index (κ1) is 20.3. The van der Waals surface area contributed by atoms with Crippen LogP contribution < -0.4 is 10.1 Å². The molecule has 1 saturated heterocycles. The molecule has 1 aliphatic rings. The van der Waals surface area contributed by atoms with Gasteiger partial charge in [-0.15, -0.1) is 10.2 Å². The summed E-state index contributed by atoms with van der Waals surface area (Å²) in [5.41, 5.74) is -0.535. The number of aromatic nitrogens is 3. The van der Waals surface area contributed by atoms with Crippen LogP contribution in [0.3, 0.4) is 0 Å². The number of ether oxygens (including phenoxy) is 2. The minimum absolute atomic E-state index is 0.0230. The summed E-state index contributed by atoms with van der Waals surface area (Å²) in [6, 6.07) is 5.73. The Morgan fingerprint density at radius 3 is 2.77 bits per heavy atom. The molecule has 11 heteroatoms. The predicted octanol–water partition coefficient (Wildman–Crippen LogP) is 4.61. The van der Waals surface area contributed by atoms with Crippen molar-refractivity contribution >= 4 is 11.5 Å². The average molecular weight is 428 g/mol. The van der Waals surface area contributed by atoms with E-state index in [0.29, 0.717) is 30.7 Å². The van der Waals surface area contributed by atoms with Crippen LogP contribution in [0.5, 0.6) is 5.75 Å². The number of alkyl halides is 5. The van der Waals surface area contributed by atoms with Crippen molar-refractivity contribution in [2.75, 3.05) is 18.5 Å². The summed E-state index contributed by atoms with van der Waals surface area (Å²) in [6.45, 7) is -2.08. The van der Waals surface area contributed by atoms with Gasteiger partial charge in [0.15, 0.2) is 0 Å². The second-order valence-corrected chi connectivity index (χ2v) is 6.74. The number of halogens is 5. The Morgan fingerprint density at radius 2 is 2.07 bits per heavy atom. The number of hydrogen-bond donors (Lipinski definition) is 1. The van der Waals surface area contributed by atoms with Gasteiger partial charge in [0.2, 0.25) is 5.95 Å². The number of nitrogens with one attached hydrogen (secondary N) is 1. The molecule has 0 bridgehead atoms. The number of anilines is 1. The van der Waals surface area contributed by atoms with Crippen LogP contribution in [-0.4, -0.2) is 40.5 Å². The Labute approximate surface area is 167 Å². The highest BCUT2D eigenvalue weighted by atomic mass is 19.4. The van der Waals surface area contributed by atoms with Crippen molar-refractivity contribution in [1.82, 2.24) is 14.6 Å². The molecule has 0 radical (unpaired) electrons. The highest BCUT2D eigenvalue weighted by Crippen LogP contribution is 2.38. The van der Waals surface area contributed by atoms with Crippen molar-refractivity contribution in [1.29, 1.82) is 0 Å². The average Bonchev–Trinajstić information content (AvgIpc) is 3.37. The molecule has 4 rings (SSSR count). The van der Waals surface area contributed by atoms with Gasteiger partial charge in [-0.2, -0.15) is 22.0 Å². The number of fused-ring (bicyclic) bond motifs is 1. The van der Waals surface area contributed by atoms with Crippen molar-refractivity contribution < 1.29 is 31.4 Å². The van der Waals surface area contributed by atoms with E-state index in [1.54, 1.807) is 22.7 Å². The fourth-order valence-corrected chi connectivity index (χ4v) is 3.37. The topological polar surface area (TPSA) is 60.7 Å². The lowest BCUT2D eigenvalue weighted by atomic mass is 10.1. The molecule has 3 heterocycles. The fraction of sp³-hybridized carbons (Fsp3) is 0.368. The van der Waals surface area contributed by atoms with E-state index in [9.17, 15) is 22.0 Å². The molecule has 0 unspecified atom stereocenters. The molecule has 160 valence electrons. The Bertz CT molecular complexity index is 1030. The molecule has 3 aromatic rings. The summed E-state index contributed by atoms with van der Waals surface area (Å²) < 4.78 is 76.3. The highest BCUT2D eigenvalue weighted by Gasteiger charge is 2.32. The zero-order chi connectivity index (χ0) is 21.3. The maximum absolute atomic E-state index is 13.0. The zero-order valence-electron chi connectivity index (χ0n) is 15.5. The van der Waals surface area contributed by atoms with Gasteiger partial charge in [0.25, 0.3) is 0 Å². The van der Waals surface area contributed by atoms with Crippen LogP contribution in [0, 0.1) is 0 Å². The molecule has 1 fully saturated rings. The van der Waals surface area contributed by atoms with Crippen LogP contribution in [0.1, 0.15) is 18.4 Å². The van der Waals surface area contributed by atoms with E-state index < -0.39 is 24.1 Å². The molecular formula is C19H17F5N4O2. The van der Waals surface area contributed by atoms with Crippen molar-refractivity contribution in [3.8, 4) is 17.0 Å². The summed E-state index contributed by atoms with van der Waals surface area (Å²) in [7, 11) is 0. The van der Waals surface area contributed by atoms with Crippen molar-refractivity contribution in [2.24, 2.45) is 0 Å². The molecule has 0 saturated carbocycles. The van der Waals surface area contributed by atoms with Gasteiger partial charge in [-0.25, -0.2) is 0 Å².